The van der Waals surface area contributed by atoms with Crippen molar-refractivity contribution in [2.45, 2.75) is 0 Å². The largest absolute Gasteiger partial charge is 0.497 e. The molecule has 104 valence electrons. The third kappa shape index (κ3) is 5.29. The third-order valence-corrected chi connectivity index (χ3v) is 2.36. The quantitative estimate of drug-likeness (QED) is 0.803. The molecule has 1 rings (SSSR count). The van der Waals surface area contributed by atoms with Crippen molar-refractivity contribution in [2.24, 2.45) is 0 Å². The molecule has 0 saturated heterocycles. The Morgan fingerprint density at radius 2 is 1.74 bits per heavy atom. The van der Waals surface area contributed by atoms with Crippen LogP contribution in [0.4, 0.5) is 0 Å². The molecule has 6 nitrogen and oxygen atoms in total. The van der Waals surface area contributed by atoms with E-state index in [0.29, 0.717) is 11.5 Å². The summed E-state index contributed by atoms with van der Waals surface area (Å²) in [5.41, 5.74) is 0. The van der Waals surface area contributed by atoms with Gasteiger partial charge in [-0.25, -0.2) is 0 Å². The fraction of sp³-hybridized carbons (Fsp3) is 0.385. The van der Waals surface area contributed by atoms with Gasteiger partial charge < -0.3 is 19.7 Å². The number of carbonyl (C=O) groups excluding carboxylic acids is 2. The monoisotopic (exact) mass is 266 g/mol. The predicted octanol–water partition coefficient (Wildman–Crippen LogP) is 0.278. The van der Waals surface area contributed by atoms with Gasteiger partial charge in [0.15, 0.2) is 6.61 Å². The van der Waals surface area contributed by atoms with Gasteiger partial charge in [0.25, 0.3) is 5.91 Å². The highest BCUT2D eigenvalue weighted by molar-refractivity contribution is 5.85. The van der Waals surface area contributed by atoms with Gasteiger partial charge in [-0.15, -0.1) is 0 Å². The molecule has 0 saturated carbocycles. The second-order valence-electron chi connectivity index (χ2n) is 4.03. The van der Waals surface area contributed by atoms with Gasteiger partial charge in [-0.3, -0.25) is 9.59 Å². The fourth-order valence-electron chi connectivity index (χ4n) is 1.20. The van der Waals surface area contributed by atoms with Crippen molar-refractivity contribution >= 4 is 11.8 Å². The Morgan fingerprint density at radius 1 is 1.16 bits per heavy atom. The number of hydrogen-bond donors (Lipinski definition) is 1. The molecule has 0 radical (unpaired) electrons. The molecule has 6 heteroatoms. The van der Waals surface area contributed by atoms with Crippen LogP contribution in [0.25, 0.3) is 0 Å². The molecule has 0 unspecified atom stereocenters. The van der Waals surface area contributed by atoms with Crippen molar-refractivity contribution in [1.82, 2.24) is 10.2 Å². The van der Waals surface area contributed by atoms with Crippen molar-refractivity contribution in [1.29, 1.82) is 0 Å². The zero-order chi connectivity index (χ0) is 14.3. The summed E-state index contributed by atoms with van der Waals surface area (Å²) in [6.45, 7) is -0.162. The SMILES string of the molecule is COc1ccc(OCC(=O)NCC(=O)N(C)C)cc1. The molecule has 0 spiro atoms. The molecular weight excluding hydrogens is 248 g/mol. The van der Waals surface area contributed by atoms with E-state index in [4.69, 9.17) is 9.47 Å². The van der Waals surface area contributed by atoms with Crippen LogP contribution >= 0.6 is 0 Å². The Bertz CT molecular complexity index is 429. The molecule has 2 amide bonds. The van der Waals surface area contributed by atoms with Gasteiger partial charge in [0, 0.05) is 14.1 Å². The van der Waals surface area contributed by atoms with Crippen molar-refractivity contribution in [2.75, 3.05) is 34.4 Å². The minimum atomic E-state index is -0.342. The first-order valence-corrected chi connectivity index (χ1v) is 5.76. The van der Waals surface area contributed by atoms with Crippen LogP contribution in [0.1, 0.15) is 0 Å². The van der Waals surface area contributed by atoms with Gasteiger partial charge in [0.05, 0.1) is 13.7 Å². The average Bonchev–Trinajstić information content (AvgIpc) is 2.42. The molecule has 1 aromatic rings. The number of amides is 2. The Hall–Kier alpha value is -2.24. The lowest BCUT2D eigenvalue weighted by Gasteiger charge is -2.11. The second-order valence-corrected chi connectivity index (χ2v) is 4.03. The summed E-state index contributed by atoms with van der Waals surface area (Å²) >= 11 is 0. The number of hydrogen-bond acceptors (Lipinski definition) is 4. The lowest BCUT2D eigenvalue weighted by molar-refractivity contribution is -0.131. The Kier molecular flexibility index (Phi) is 5.66. The Labute approximate surface area is 112 Å². The standard InChI is InChI=1S/C13H18N2O4/c1-15(2)13(17)8-14-12(16)9-19-11-6-4-10(18-3)5-7-11/h4-7H,8-9H2,1-3H3,(H,14,16). The van der Waals surface area contributed by atoms with Gasteiger partial charge in [0.1, 0.15) is 11.5 Å². The minimum Gasteiger partial charge on any atom is -0.497 e. The normalized spacial score (nSPS) is 9.63. The van der Waals surface area contributed by atoms with E-state index in [1.165, 1.54) is 4.90 Å². The van der Waals surface area contributed by atoms with E-state index in [1.807, 2.05) is 0 Å². The average molecular weight is 266 g/mol. The van der Waals surface area contributed by atoms with Gasteiger partial charge in [-0.05, 0) is 24.3 Å². The number of nitrogens with zero attached hydrogens (tertiary/aromatic N) is 1. The number of nitrogens with one attached hydrogen (secondary N) is 1. The molecule has 1 aromatic carbocycles. The van der Waals surface area contributed by atoms with E-state index in [-0.39, 0.29) is 25.0 Å². The van der Waals surface area contributed by atoms with Crippen molar-refractivity contribution < 1.29 is 19.1 Å². The summed E-state index contributed by atoms with van der Waals surface area (Å²) in [5.74, 6) is 0.770. The number of ether oxygens (including phenoxy) is 2. The smallest absolute Gasteiger partial charge is 0.258 e. The first kappa shape index (κ1) is 14.8. The molecule has 19 heavy (non-hydrogen) atoms. The summed E-state index contributed by atoms with van der Waals surface area (Å²) in [6.07, 6.45) is 0. The second kappa shape index (κ2) is 7.25. The van der Waals surface area contributed by atoms with Crippen LogP contribution in [0.2, 0.25) is 0 Å². The highest BCUT2D eigenvalue weighted by Crippen LogP contribution is 2.16. The molecule has 0 heterocycles. The lowest BCUT2D eigenvalue weighted by atomic mass is 10.3. The van der Waals surface area contributed by atoms with Crippen LogP contribution in [-0.4, -0.2) is 51.1 Å². The maximum atomic E-state index is 11.4. The topological polar surface area (TPSA) is 67.9 Å². The lowest BCUT2D eigenvalue weighted by Crippen LogP contribution is -2.38. The van der Waals surface area contributed by atoms with Crippen LogP contribution in [0.15, 0.2) is 24.3 Å². The van der Waals surface area contributed by atoms with Crippen LogP contribution in [0.5, 0.6) is 11.5 Å². The molecule has 1 N–H and O–H groups in total. The van der Waals surface area contributed by atoms with E-state index < -0.39 is 0 Å². The molecule has 0 aromatic heterocycles. The van der Waals surface area contributed by atoms with E-state index >= 15 is 0 Å². The van der Waals surface area contributed by atoms with Crippen LogP contribution in [0.3, 0.4) is 0 Å². The number of rotatable bonds is 6. The molecule has 0 aliphatic heterocycles. The summed E-state index contributed by atoms with van der Waals surface area (Å²) < 4.78 is 10.3. The van der Waals surface area contributed by atoms with E-state index in [2.05, 4.69) is 5.32 Å². The summed E-state index contributed by atoms with van der Waals surface area (Å²) in [6, 6.07) is 6.89. The Balaban J connectivity index is 2.31. The number of likely N-dealkylation sites (N-methyl/N-ethyl adjacent to an activating group) is 1. The number of methoxy groups -OCH3 is 1. The number of carbonyl (C=O) groups is 2. The Morgan fingerprint density at radius 3 is 2.26 bits per heavy atom. The molecule has 0 aliphatic rings. The van der Waals surface area contributed by atoms with Gasteiger partial charge in [-0.1, -0.05) is 0 Å². The zero-order valence-corrected chi connectivity index (χ0v) is 11.3. The first-order valence-electron chi connectivity index (χ1n) is 5.76. The minimum absolute atomic E-state index is 0.0300. The zero-order valence-electron chi connectivity index (χ0n) is 11.3. The van der Waals surface area contributed by atoms with Gasteiger partial charge >= 0.3 is 0 Å². The molecule has 0 aliphatic carbocycles. The molecule has 0 atom stereocenters. The maximum absolute atomic E-state index is 11.4. The van der Waals surface area contributed by atoms with E-state index in [9.17, 15) is 9.59 Å². The summed E-state index contributed by atoms with van der Waals surface area (Å²) in [5, 5.41) is 2.48. The molecule has 0 fully saturated rings. The maximum Gasteiger partial charge on any atom is 0.258 e. The van der Waals surface area contributed by atoms with Crippen LogP contribution in [-0.2, 0) is 9.59 Å². The molecular formula is C13H18N2O4. The summed E-state index contributed by atoms with van der Waals surface area (Å²) in [4.78, 5) is 24.1. The number of benzene rings is 1. The highest BCUT2D eigenvalue weighted by Gasteiger charge is 2.07. The fourth-order valence-corrected chi connectivity index (χ4v) is 1.20. The predicted molar refractivity (Wildman–Crippen MR) is 70.2 cm³/mol. The van der Waals surface area contributed by atoms with Crippen molar-refractivity contribution in [3.8, 4) is 11.5 Å². The van der Waals surface area contributed by atoms with Crippen LogP contribution in [0, 0.1) is 0 Å². The van der Waals surface area contributed by atoms with Gasteiger partial charge in [0.2, 0.25) is 5.91 Å². The van der Waals surface area contributed by atoms with Crippen LogP contribution < -0.4 is 14.8 Å². The third-order valence-electron chi connectivity index (χ3n) is 2.36. The summed E-state index contributed by atoms with van der Waals surface area (Å²) in [7, 11) is 4.83. The van der Waals surface area contributed by atoms with Gasteiger partial charge in [-0.2, -0.15) is 0 Å². The highest BCUT2D eigenvalue weighted by atomic mass is 16.5. The van der Waals surface area contributed by atoms with Crippen molar-refractivity contribution in [3.63, 3.8) is 0 Å². The van der Waals surface area contributed by atoms with E-state index in [0.717, 1.165) is 0 Å². The van der Waals surface area contributed by atoms with E-state index in [1.54, 1.807) is 45.5 Å². The first-order chi connectivity index (χ1) is 9.02. The molecule has 0 bridgehead atoms. The van der Waals surface area contributed by atoms with Crippen molar-refractivity contribution in [3.05, 3.63) is 24.3 Å².